The molecular formula is C13H6ClN7. The highest BCUT2D eigenvalue weighted by Crippen LogP contribution is 2.25. The minimum atomic E-state index is -0.318. The summed E-state index contributed by atoms with van der Waals surface area (Å²) in [6, 6.07) is 9.97. The summed E-state index contributed by atoms with van der Waals surface area (Å²) in [7, 11) is 0. The van der Waals surface area contributed by atoms with Crippen molar-refractivity contribution in [3.8, 4) is 23.9 Å². The number of hydrogen-bond donors (Lipinski definition) is 1. The van der Waals surface area contributed by atoms with Crippen molar-refractivity contribution in [3.05, 3.63) is 47.1 Å². The first kappa shape index (κ1) is 14.1. The lowest BCUT2D eigenvalue weighted by atomic mass is 10.2. The monoisotopic (exact) mass is 295 g/mol. The molecule has 0 bridgehead atoms. The summed E-state index contributed by atoms with van der Waals surface area (Å²) < 4.78 is 1.46. The van der Waals surface area contributed by atoms with Crippen LogP contribution < -0.4 is 5.32 Å². The Balaban J connectivity index is 2.53. The van der Waals surface area contributed by atoms with E-state index in [1.165, 1.54) is 17.3 Å². The fourth-order valence-electron chi connectivity index (χ4n) is 1.56. The van der Waals surface area contributed by atoms with Crippen molar-refractivity contribution in [3.63, 3.8) is 0 Å². The van der Waals surface area contributed by atoms with Gasteiger partial charge in [0.05, 0.1) is 11.4 Å². The van der Waals surface area contributed by atoms with E-state index in [4.69, 9.17) is 27.4 Å². The lowest BCUT2D eigenvalue weighted by Crippen LogP contribution is -2.05. The second kappa shape index (κ2) is 6.21. The largest absolute Gasteiger partial charge is 0.343 e. The standard InChI is InChI=1S/C13H6ClN7/c14-10-1-2-13(21-8-18-7-19-21)11(3-10)20-12(6-17)9(4-15)5-16/h1-3,7-8,20H. The molecule has 2 rings (SSSR count). The van der Waals surface area contributed by atoms with Gasteiger partial charge in [-0.05, 0) is 18.2 Å². The quantitative estimate of drug-likeness (QED) is 0.868. The van der Waals surface area contributed by atoms with E-state index in [2.05, 4.69) is 15.4 Å². The molecule has 1 heterocycles. The van der Waals surface area contributed by atoms with E-state index in [0.717, 1.165) is 0 Å². The molecule has 1 aromatic heterocycles. The molecule has 0 saturated carbocycles. The van der Waals surface area contributed by atoms with Crippen molar-refractivity contribution in [1.82, 2.24) is 14.8 Å². The first-order valence-corrected chi connectivity index (χ1v) is 5.93. The van der Waals surface area contributed by atoms with Crippen molar-refractivity contribution in [2.75, 3.05) is 5.32 Å². The summed E-state index contributed by atoms with van der Waals surface area (Å²) in [6.45, 7) is 0. The predicted octanol–water partition coefficient (Wildman–Crippen LogP) is 2.16. The van der Waals surface area contributed by atoms with Gasteiger partial charge in [0.2, 0.25) is 0 Å². The fourth-order valence-corrected chi connectivity index (χ4v) is 1.73. The third-order valence-electron chi connectivity index (χ3n) is 2.47. The maximum absolute atomic E-state index is 9.07. The Morgan fingerprint density at radius 3 is 2.52 bits per heavy atom. The molecule has 0 unspecified atom stereocenters. The van der Waals surface area contributed by atoms with Crippen LogP contribution in [0.25, 0.3) is 5.69 Å². The van der Waals surface area contributed by atoms with Crippen LogP contribution >= 0.6 is 11.6 Å². The van der Waals surface area contributed by atoms with Gasteiger partial charge < -0.3 is 5.32 Å². The Labute approximate surface area is 124 Å². The van der Waals surface area contributed by atoms with E-state index in [0.29, 0.717) is 16.4 Å². The van der Waals surface area contributed by atoms with Gasteiger partial charge in [-0.25, -0.2) is 9.67 Å². The van der Waals surface area contributed by atoms with E-state index in [1.807, 2.05) is 0 Å². The third kappa shape index (κ3) is 2.98. The highest BCUT2D eigenvalue weighted by molar-refractivity contribution is 6.31. The molecule has 0 atom stereocenters. The lowest BCUT2D eigenvalue weighted by Gasteiger charge is -2.11. The Bertz CT molecular complexity index is 800. The first-order valence-electron chi connectivity index (χ1n) is 5.55. The van der Waals surface area contributed by atoms with Crippen molar-refractivity contribution < 1.29 is 0 Å². The third-order valence-corrected chi connectivity index (χ3v) is 2.70. The molecule has 8 heteroatoms. The molecule has 0 amide bonds. The number of aromatic nitrogens is 3. The van der Waals surface area contributed by atoms with E-state index < -0.39 is 0 Å². The zero-order valence-corrected chi connectivity index (χ0v) is 11.2. The summed E-state index contributed by atoms with van der Waals surface area (Å²) in [4.78, 5) is 3.84. The first-order chi connectivity index (χ1) is 10.2. The molecule has 1 N–H and O–H groups in total. The van der Waals surface area contributed by atoms with Crippen LogP contribution in [0.1, 0.15) is 0 Å². The molecule has 0 aliphatic heterocycles. The number of allylic oxidation sites excluding steroid dienone is 2. The van der Waals surface area contributed by atoms with Crippen molar-refractivity contribution in [1.29, 1.82) is 15.8 Å². The molecule has 0 saturated heterocycles. The van der Waals surface area contributed by atoms with Gasteiger partial charge in [0.1, 0.15) is 36.6 Å². The number of nitrogens with zero attached hydrogens (tertiary/aromatic N) is 6. The van der Waals surface area contributed by atoms with Crippen LogP contribution in [-0.2, 0) is 0 Å². The topological polar surface area (TPSA) is 114 Å². The number of benzene rings is 1. The number of halogens is 1. The Morgan fingerprint density at radius 2 is 1.95 bits per heavy atom. The minimum Gasteiger partial charge on any atom is -0.343 e. The maximum atomic E-state index is 9.07. The number of nitrogens with one attached hydrogen (secondary N) is 1. The van der Waals surface area contributed by atoms with Crippen molar-refractivity contribution in [2.24, 2.45) is 0 Å². The Kier molecular flexibility index (Phi) is 4.16. The van der Waals surface area contributed by atoms with Crippen LogP contribution in [0.15, 0.2) is 42.1 Å². The van der Waals surface area contributed by atoms with Gasteiger partial charge in [-0.2, -0.15) is 20.9 Å². The zero-order valence-electron chi connectivity index (χ0n) is 10.4. The molecule has 0 spiro atoms. The van der Waals surface area contributed by atoms with Crippen LogP contribution in [0.3, 0.4) is 0 Å². The van der Waals surface area contributed by atoms with Gasteiger partial charge in [-0.3, -0.25) is 0 Å². The van der Waals surface area contributed by atoms with Crippen LogP contribution in [0.4, 0.5) is 5.69 Å². The summed E-state index contributed by atoms with van der Waals surface area (Å²) in [5, 5.41) is 33.9. The van der Waals surface area contributed by atoms with E-state index in [1.54, 1.807) is 36.4 Å². The molecule has 0 aliphatic rings. The second-order valence-corrected chi connectivity index (χ2v) is 4.15. The van der Waals surface area contributed by atoms with Crippen LogP contribution in [0.2, 0.25) is 5.02 Å². The minimum absolute atomic E-state index is 0.163. The van der Waals surface area contributed by atoms with Crippen molar-refractivity contribution >= 4 is 17.3 Å². The Morgan fingerprint density at radius 1 is 1.19 bits per heavy atom. The van der Waals surface area contributed by atoms with Gasteiger partial charge >= 0.3 is 0 Å². The summed E-state index contributed by atoms with van der Waals surface area (Å²) in [6.07, 6.45) is 2.83. The number of hydrogen-bond acceptors (Lipinski definition) is 6. The van der Waals surface area contributed by atoms with Crippen molar-refractivity contribution in [2.45, 2.75) is 0 Å². The predicted molar refractivity (Wildman–Crippen MR) is 73.9 cm³/mol. The van der Waals surface area contributed by atoms with Crippen LogP contribution in [-0.4, -0.2) is 14.8 Å². The molecular weight excluding hydrogens is 290 g/mol. The highest BCUT2D eigenvalue weighted by atomic mass is 35.5. The lowest BCUT2D eigenvalue weighted by molar-refractivity contribution is 0.880. The van der Waals surface area contributed by atoms with E-state index in [-0.39, 0.29) is 11.3 Å². The van der Waals surface area contributed by atoms with Gasteiger partial charge in [0, 0.05) is 5.02 Å². The average Bonchev–Trinajstić information content (AvgIpc) is 3.01. The molecule has 7 nitrogen and oxygen atoms in total. The average molecular weight is 296 g/mol. The van der Waals surface area contributed by atoms with E-state index >= 15 is 0 Å². The number of nitriles is 3. The summed E-state index contributed by atoms with van der Waals surface area (Å²) in [5.74, 6) is 0. The van der Waals surface area contributed by atoms with Crippen LogP contribution in [0.5, 0.6) is 0 Å². The summed E-state index contributed by atoms with van der Waals surface area (Å²) >= 11 is 5.94. The maximum Gasteiger partial charge on any atom is 0.163 e. The molecule has 100 valence electrons. The fraction of sp³-hybridized carbons (Fsp3) is 0. The zero-order chi connectivity index (χ0) is 15.2. The van der Waals surface area contributed by atoms with Crippen LogP contribution in [0, 0.1) is 34.0 Å². The highest BCUT2D eigenvalue weighted by Gasteiger charge is 2.11. The normalized spacial score (nSPS) is 9.05. The van der Waals surface area contributed by atoms with Gasteiger partial charge in [-0.15, -0.1) is 0 Å². The molecule has 1 aromatic carbocycles. The second-order valence-electron chi connectivity index (χ2n) is 3.71. The number of anilines is 1. The van der Waals surface area contributed by atoms with Gasteiger partial charge in [-0.1, -0.05) is 11.6 Å². The van der Waals surface area contributed by atoms with Gasteiger partial charge in [0.15, 0.2) is 5.57 Å². The molecule has 0 fully saturated rings. The number of rotatable bonds is 3. The Hall–Kier alpha value is -3.34. The molecule has 21 heavy (non-hydrogen) atoms. The van der Waals surface area contributed by atoms with E-state index in [9.17, 15) is 0 Å². The van der Waals surface area contributed by atoms with Gasteiger partial charge in [0.25, 0.3) is 0 Å². The SMILES string of the molecule is N#CC(C#N)=C(C#N)Nc1cc(Cl)ccc1-n1cncn1. The molecule has 2 aromatic rings. The summed E-state index contributed by atoms with van der Waals surface area (Å²) in [5.41, 5.74) is 0.512. The molecule has 0 aliphatic carbocycles. The smallest absolute Gasteiger partial charge is 0.163 e. The molecule has 0 radical (unpaired) electrons.